The van der Waals surface area contributed by atoms with Crippen molar-refractivity contribution in [2.24, 2.45) is 4.99 Å². The fourth-order valence-corrected chi connectivity index (χ4v) is 3.30. The first-order chi connectivity index (χ1) is 15.7. The van der Waals surface area contributed by atoms with Crippen LogP contribution < -0.4 is 16.0 Å². The summed E-state index contributed by atoms with van der Waals surface area (Å²) in [5.41, 5.74) is 4.07. The zero-order valence-electron chi connectivity index (χ0n) is 19.3. The number of carbonyl (C=O) groups excluding carboxylic acids is 1. The third kappa shape index (κ3) is 8.53. The number of aliphatic imine (C=N–C) groups is 1. The zero-order chi connectivity index (χ0) is 22.6. The normalized spacial score (nSPS) is 10.9. The van der Waals surface area contributed by atoms with Gasteiger partial charge in [0.1, 0.15) is 0 Å². The van der Waals surface area contributed by atoms with Gasteiger partial charge < -0.3 is 16.0 Å². The van der Waals surface area contributed by atoms with Crippen molar-refractivity contribution in [1.82, 2.24) is 25.7 Å². The van der Waals surface area contributed by atoms with Gasteiger partial charge in [0.05, 0.1) is 13.1 Å². The standard InChI is InChI=1S/C25H32N6O.HI/c1-3-13-27-24(32)21-12-7-9-20(16-21)17-28-25(26-4-2)29-18-22-10-5-6-11-23(22)19-31-15-8-14-30-31;/h5-12,14-16H,3-4,13,17-19H2,1-2H3,(H,27,32)(H2,26,28,29);1H. The summed E-state index contributed by atoms with van der Waals surface area (Å²) >= 11 is 0. The SMILES string of the molecule is CCCNC(=O)c1cccc(CN=C(NCC)NCc2ccccc2Cn2cccn2)c1.I. The molecule has 0 unspecified atom stereocenters. The Morgan fingerprint density at radius 1 is 1.00 bits per heavy atom. The average Bonchev–Trinajstić information content (AvgIpc) is 3.33. The maximum absolute atomic E-state index is 12.2. The molecule has 33 heavy (non-hydrogen) atoms. The Hall–Kier alpha value is -2.88. The van der Waals surface area contributed by atoms with Crippen molar-refractivity contribution in [2.75, 3.05) is 13.1 Å². The van der Waals surface area contributed by atoms with E-state index in [0.29, 0.717) is 25.2 Å². The summed E-state index contributed by atoms with van der Waals surface area (Å²) in [6.07, 6.45) is 4.67. The molecule has 7 nitrogen and oxygen atoms in total. The fraction of sp³-hybridized carbons (Fsp3) is 0.320. The van der Waals surface area contributed by atoms with E-state index in [-0.39, 0.29) is 29.9 Å². The van der Waals surface area contributed by atoms with Gasteiger partial charge in [0.2, 0.25) is 0 Å². The summed E-state index contributed by atoms with van der Waals surface area (Å²) in [6.45, 7) is 7.39. The molecule has 0 aliphatic carbocycles. The number of rotatable bonds is 10. The second-order valence-electron chi connectivity index (χ2n) is 7.48. The minimum atomic E-state index is -0.0449. The van der Waals surface area contributed by atoms with Crippen LogP contribution >= 0.6 is 24.0 Å². The quantitative estimate of drug-likeness (QED) is 0.199. The van der Waals surface area contributed by atoms with Crippen LogP contribution in [0.1, 0.15) is 47.3 Å². The second-order valence-corrected chi connectivity index (χ2v) is 7.48. The molecule has 0 aliphatic heterocycles. The highest BCUT2D eigenvalue weighted by Gasteiger charge is 2.07. The van der Waals surface area contributed by atoms with Crippen LogP contribution in [0.15, 0.2) is 72.0 Å². The predicted octanol–water partition coefficient (Wildman–Crippen LogP) is 3.94. The lowest BCUT2D eigenvalue weighted by molar-refractivity contribution is 0.0953. The van der Waals surface area contributed by atoms with Crippen molar-refractivity contribution in [1.29, 1.82) is 0 Å². The Balaban J connectivity index is 0.00000385. The zero-order valence-corrected chi connectivity index (χ0v) is 21.6. The van der Waals surface area contributed by atoms with Crippen LogP contribution in [0.25, 0.3) is 0 Å². The van der Waals surface area contributed by atoms with E-state index >= 15 is 0 Å². The highest BCUT2D eigenvalue weighted by molar-refractivity contribution is 14.0. The molecule has 0 saturated heterocycles. The third-order valence-corrected chi connectivity index (χ3v) is 4.94. The summed E-state index contributed by atoms with van der Waals surface area (Å²) in [6, 6.07) is 17.9. The number of hydrogen-bond donors (Lipinski definition) is 3. The van der Waals surface area contributed by atoms with Crippen LogP contribution in [0, 0.1) is 0 Å². The van der Waals surface area contributed by atoms with Gasteiger partial charge in [-0.25, -0.2) is 4.99 Å². The fourth-order valence-electron chi connectivity index (χ4n) is 3.30. The first-order valence-electron chi connectivity index (χ1n) is 11.1. The number of hydrogen-bond acceptors (Lipinski definition) is 3. The number of halogens is 1. The van der Waals surface area contributed by atoms with Gasteiger partial charge in [0.25, 0.3) is 5.91 Å². The molecule has 0 radical (unpaired) electrons. The molecule has 0 bridgehead atoms. The van der Waals surface area contributed by atoms with E-state index in [4.69, 9.17) is 4.99 Å². The van der Waals surface area contributed by atoms with Crippen molar-refractivity contribution in [3.63, 3.8) is 0 Å². The highest BCUT2D eigenvalue weighted by Crippen LogP contribution is 2.11. The minimum absolute atomic E-state index is 0. The summed E-state index contributed by atoms with van der Waals surface area (Å²) in [4.78, 5) is 16.9. The molecule has 0 saturated carbocycles. The number of amides is 1. The maximum atomic E-state index is 12.2. The van der Waals surface area contributed by atoms with E-state index in [9.17, 15) is 4.79 Å². The molecule has 1 heterocycles. The Labute approximate surface area is 213 Å². The van der Waals surface area contributed by atoms with Gasteiger partial charge in [0.15, 0.2) is 5.96 Å². The Morgan fingerprint density at radius 2 is 1.82 bits per heavy atom. The summed E-state index contributed by atoms with van der Waals surface area (Å²) in [5.74, 6) is 0.693. The van der Waals surface area contributed by atoms with Crippen LogP contribution in [-0.2, 0) is 19.6 Å². The van der Waals surface area contributed by atoms with E-state index in [2.05, 4.69) is 33.2 Å². The highest BCUT2D eigenvalue weighted by atomic mass is 127. The van der Waals surface area contributed by atoms with E-state index in [0.717, 1.165) is 31.0 Å². The van der Waals surface area contributed by atoms with Crippen molar-refractivity contribution >= 4 is 35.8 Å². The Kier molecular flexibility index (Phi) is 11.4. The summed E-state index contributed by atoms with van der Waals surface area (Å²) in [7, 11) is 0. The smallest absolute Gasteiger partial charge is 0.251 e. The minimum Gasteiger partial charge on any atom is -0.357 e. The van der Waals surface area contributed by atoms with Crippen molar-refractivity contribution < 1.29 is 4.79 Å². The van der Waals surface area contributed by atoms with Crippen molar-refractivity contribution in [2.45, 2.75) is 39.9 Å². The molecular formula is C25H33IN6O. The maximum Gasteiger partial charge on any atom is 0.251 e. The lowest BCUT2D eigenvalue weighted by atomic mass is 10.1. The molecule has 1 aromatic heterocycles. The first-order valence-corrected chi connectivity index (χ1v) is 11.1. The molecule has 3 aromatic rings. The van der Waals surface area contributed by atoms with E-state index in [1.165, 1.54) is 11.1 Å². The van der Waals surface area contributed by atoms with Crippen LogP contribution in [-0.4, -0.2) is 34.7 Å². The van der Waals surface area contributed by atoms with Gasteiger partial charge in [-0.05, 0) is 48.2 Å². The molecule has 8 heteroatoms. The Bertz CT molecular complexity index is 1020. The number of carbonyl (C=O) groups is 1. The van der Waals surface area contributed by atoms with E-state index in [1.54, 1.807) is 6.20 Å². The molecule has 3 N–H and O–H groups in total. The van der Waals surface area contributed by atoms with Gasteiger partial charge in [-0.3, -0.25) is 9.48 Å². The lowest BCUT2D eigenvalue weighted by Gasteiger charge is -2.14. The monoisotopic (exact) mass is 560 g/mol. The molecule has 0 aliphatic rings. The second kappa shape index (κ2) is 14.3. The van der Waals surface area contributed by atoms with E-state index in [1.807, 2.05) is 67.2 Å². The molecule has 0 fully saturated rings. The molecule has 0 spiro atoms. The number of guanidine groups is 1. The number of nitrogens with zero attached hydrogens (tertiary/aromatic N) is 3. The number of nitrogens with one attached hydrogen (secondary N) is 3. The first kappa shape index (κ1) is 26.4. The van der Waals surface area contributed by atoms with Gasteiger partial charge in [0, 0.05) is 37.6 Å². The van der Waals surface area contributed by atoms with Crippen LogP contribution in [0.3, 0.4) is 0 Å². The number of aromatic nitrogens is 2. The predicted molar refractivity (Wildman–Crippen MR) is 144 cm³/mol. The summed E-state index contributed by atoms with van der Waals surface area (Å²) in [5, 5.41) is 13.9. The molecule has 3 rings (SSSR count). The average molecular weight is 560 g/mol. The van der Waals surface area contributed by atoms with Gasteiger partial charge in [-0.1, -0.05) is 43.3 Å². The molecular weight excluding hydrogens is 527 g/mol. The molecule has 176 valence electrons. The van der Waals surface area contributed by atoms with Gasteiger partial charge >= 0.3 is 0 Å². The van der Waals surface area contributed by atoms with Crippen molar-refractivity contribution in [3.8, 4) is 0 Å². The van der Waals surface area contributed by atoms with Crippen LogP contribution in [0.2, 0.25) is 0 Å². The third-order valence-electron chi connectivity index (χ3n) is 4.94. The lowest BCUT2D eigenvalue weighted by Crippen LogP contribution is -2.37. The topological polar surface area (TPSA) is 83.3 Å². The number of benzene rings is 2. The molecule has 1 amide bonds. The molecule has 0 atom stereocenters. The molecule has 2 aromatic carbocycles. The van der Waals surface area contributed by atoms with E-state index < -0.39 is 0 Å². The van der Waals surface area contributed by atoms with Crippen molar-refractivity contribution in [3.05, 3.63) is 89.2 Å². The van der Waals surface area contributed by atoms with Crippen LogP contribution in [0.5, 0.6) is 0 Å². The van der Waals surface area contributed by atoms with Gasteiger partial charge in [-0.2, -0.15) is 5.10 Å². The largest absolute Gasteiger partial charge is 0.357 e. The van der Waals surface area contributed by atoms with Gasteiger partial charge in [-0.15, -0.1) is 24.0 Å². The summed E-state index contributed by atoms with van der Waals surface area (Å²) < 4.78 is 1.92. The van der Waals surface area contributed by atoms with Crippen LogP contribution in [0.4, 0.5) is 0 Å². The Morgan fingerprint density at radius 3 is 2.55 bits per heavy atom.